The quantitative estimate of drug-likeness (QED) is 0.869. The molecule has 1 fully saturated rings. The zero-order chi connectivity index (χ0) is 14.0. The lowest BCUT2D eigenvalue weighted by Crippen LogP contribution is -2.38. The van der Waals surface area contributed by atoms with Crippen LogP contribution in [0.15, 0.2) is 23.1 Å². The molecule has 0 aliphatic heterocycles. The number of rotatable bonds is 4. The molecule has 0 amide bonds. The van der Waals surface area contributed by atoms with Crippen LogP contribution in [0.2, 0.25) is 0 Å². The fraction of sp³-hybridized carbons (Fsp3) is 0.500. The molecule has 0 aromatic heterocycles. The molecule has 2 atom stereocenters. The highest BCUT2D eigenvalue weighted by molar-refractivity contribution is 7.89. The molecule has 0 spiro atoms. The van der Waals surface area contributed by atoms with Crippen molar-refractivity contribution in [3.05, 3.63) is 29.8 Å². The average Bonchev–Trinajstić information content (AvgIpc) is 2.74. The van der Waals surface area contributed by atoms with Gasteiger partial charge < -0.3 is 0 Å². The second-order valence-corrected chi connectivity index (χ2v) is 6.64. The van der Waals surface area contributed by atoms with Crippen molar-refractivity contribution in [2.24, 2.45) is 5.92 Å². The highest BCUT2D eigenvalue weighted by Gasteiger charge is 2.31. The Labute approximate surface area is 116 Å². The normalized spacial score (nSPS) is 23.7. The number of nitrogens with one attached hydrogen (secondary N) is 1. The van der Waals surface area contributed by atoms with Gasteiger partial charge in [-0.15, -0.1) is 11.6 Å². The summed E-state index contributed by atoms with van der Waals surface area (Å²) in [6, 6.07) is 2.12. The van der Waals surface area contributed by atoms with Gasteiger partial charge in [0.15, 0.2) is 0 Å². The second-order valence-electron chi connectivity index (χ2n) is 4.65. The summed E-state index contributed by atoms with van der Waals surface area (Å²) in [7, 11) is -3.98. The van der Waals surface area contributed by atoms with Crippen LogP contribution in [0.5, 0.6) is 0 Å². The molecule has 0 radical (unpaired) electrons. The third-order valence-electron chi connectivity index (χ3n) is 3.35. The lowest BCUT2D eigenvalue weighted by Gasteiger charge is -2.19. The Balaban J connectivity index is 2.23. The van der Waals surface area contributed by atoms with Gasteiger partial charge in [-0.3, -0.25) is 0 Å². The van der Waals surface area contributed by atoms with Crippen LogP contribution >= 0.6 is 11.6 Å². The van der Waals surface area contributed by atoms with Crippen LogP contribution in [-0.4, -0.2) is 20.3 Å². The standard InChI is InChI=1S/C12H14ClF2NO2S/c13-7-8-2-1-3-11(8)16-19(17,18)12-5-4-9(14)6-10(12)15/h4-6,8,11,16H,1-3,7H2. The van der Waals surface area contributed by atoms with Gasteiger partial charge in [-0.2, -0.15) is 0 Å². The fourth-order valence-corrected chi connectivity index (χ4v) is 4.10. The molecule has 1 aliphatic rings. The molecule has 3 nitrogen and oxygen atoms in total. The minimum atomic E-state index is -3.98. The third kappa shape index (κ3) is 3.24. The topological polar surface area (TPSA) is 46.2 Å². The zero-order valence-corrected chi connectivity index (χ0v) is 11.6. The van der Waals surface area contributed by atoms with E-state index in [-0.39, 0.29) is 12.0 Å². The number of halogens is 3. The summed E-state index contributed by atoms with van der Waals surface area (Å²) in [5.74, 6) is -1.48. The average molecular weight is 310 g/mol. The highest BCUT2D eigenvalue weighted by Crippen LogP contribution is 2.28. The van der Waals surface area contributed by atoms with Crippen molar-refractivity contribution >= 4 is 21.6 Å². The Bertz CT molecular complexity index is 565. The highest BCUT2D eigenvalue weighted by atomic mass is 35.5. The Morgan fingerprint density at radius 1 is 1.32 bits per heavy atom. The maximum Gasteiger partial charge on any atom is 0.243 e. The zero-order valence-electron chi connectivity index (χ0n) is 10.1. The van der Waals surface area contributed by atoms with Crippen molar-refractivity contribution in [1.82, 2.24) is 4.72 Å². The van der Waals surface area contributed by atoms with Gasteiger partial charge in [0.2, 0.25) is 10.0 Å². The second kappa shape index (κ2) is 5.73. The SMILES string of the molecule is O=S(=O)(NC1CCCC1CCl)c1ccc(F)cc1F. The molecule has 0 saturated heterocycles. The summed E-state index contributed by atoms with van der Waals surface area (Å²) >= 11 is 5.77. The molecule has 7 heteroatoms. The first-order chi connectivity index (χ1) is 8.94. The van der Waals surface area contributed by atoms with Gasteiger partial charge in [-0.25, -0.2) is 21.9 Å². The van der Waals surface area contributed by atoms with Crippen LogP contribution in [0.1, 0.15) is 19.3 Å². The van der Waals surface area contributed by atoms with Crippen molar-refractivity contribution in [3.8, 4) is 0 Å². The molecule has 0 bridgehead atoms. The summed E-state index contributed by atoms with van der Waals surface area (Å²) in [5, 5.41) is 0. The summed E-state index contributed by atoms with van der Waals surface area (Å²) in [6.07, 6.45) is 2.42. The molecule has 2 unspecified atom stereocenters. The van der Waals surface area contributed by atoms with Crippen molar-refractivity contribution < 1.29 is 17.2 Å². The number of hydrogen-bond acceptors (Lipinski definition) is 2. The van der Waals surface area contributed by atoms with E-state index < -0.39 is 26.6 Å². The smallest absolute Gasteiger partial charge is 0.208 e. The lowest BCUT2D eigenvalue weighted by molar-refractivity contribution is 0.476. The lowest BCUT2D eigenvalue weighted by atomic mass is 10.1. The molecule has 1 saturated carbocycles. The first kappa shape index (κ1) is 14.7. The van der Waals surface area contributed by atoms with Gasteiger partial charge in [-0.05, 0) is 30.9 Å². The summed E-state index contributed by atoms with van der Waals surface area (Å²) in [6.45, 7) is 0. The number of hydrogen-bond donors (Lipinski definition) is 1. The largest absolute Gasteiger partial charge is 0.243 e. The molecule has 1 N–H and O–H groups in total. The van der Waals surface area contributed by atoms with E-state index in [9.17, 15) is 17.2 Å². The predicted molar refractivity (Wildman–Crippen MR) is 68.5 cm³/mol. The van der Waals surface area contributed by atoms with Crippen LogP contribution in [0, 0.1) is 17.6 Å². The third-order valence-corrected chi connectivity index (χ3v) is 5.27. The summed E-state index contributed by atoms with van der Waals surface area (Å²) < 4.78 is 52.9. The van der Waals surface area contributed by atoms with Crippen molar-refractivity contribution in [2.75, 3.05) is 5.88 Å². The Hall–Kier alpha value is -0.720. The number of benzene rings is 1. The van der Waals surface area contributed by atoms with E-state index in [1.165, 1.54) is 0 Å². The van der Waals surface area contributed by atoms with Crippen LogP contribution in [-0.2, 0) is 10.0 Å². The summed E-state index contributed by atoms with van der Waals surface area (Å²) in [4.78, 5) is -0.533. The number of alkyl halides is 1. The van der Waals surface area contributed by atoms with E-state index in [1.54, 1.807) is 0 Å². The number of sulfonamides is 1. The van der Waals surface area contributed by atoms with Crippen molar-refractivity contribution in [1.29, 1.82) is 0 Å². The van der Waals surface area contributed by atoms with E-state index in [2.05, 4.69) is 4.72 Å². The first-order valence-corrected chi connectivity index (χ1v) is 7.99. The minimum absolute atomic E-state index is 0.0555. The fourth-order valence-electron chi connectivity index (χ4n) is 2.33. The molecular formula is C12H14ClF2NO2S. The first-order valence-electron chi connectivity index (χ1n) is 5.97. The maximum absolute atomic E-state index is 13.5. The van der Waals surface area contributed by atoms with Crippen LogP contribution < -0.4 is 4.72 Å². The molecule has 1 aliphatic carbocycles. The van der Waals surface area contributed by atoms with Gasteiger partial charge >= 0.3 is 0 Å². The van der Waals surface area contributed by atoms with Gasteiger partial charge in [-0.1, -0.05) is 6.42 Å². The van der Waals surface area contributed by atoms with E-state index in [0.29, 0.717) is 18.4 Å². The summed E-state index contributed by atoms with van der Waals surface area (Å²) in [5.41, 5.74) is 0. The van der Waals surface area contributed by atoms with E-state index >= 15 is 0 Å². The minimum Gasteiger partial charge on any atom is -0.208 e. The Morgan fingerprint density at radius 2 is 2.05 bits per heavy atom. The van der Waals surface area contributed by atoms with Crippen LogP contribution in [0.25, 0.3) is 0 Å². The molecule has 2 rings (SSSR count). The maximum atomic E-state index is 13.5. The molecule has 1 aromatic carbocycles. The van der Waals surface area contributed by atoms with Crippen molar-refractivity contribution in [3.63, 3.8) is 0 Å². The van der Waals surface area contributed by atoms with Crippen molar-refractivity contribution in [2.45, 2.75) is 30.2 Å². The van der Waals surface area contributed by atoms with Gasteiger partial charge in [0.25, 0.3) is 0 Å². The van der Waals surface area contributed by atoms with E-state index in [4.69, 9.17) is 11.6 Å². The molecule has 0 heterocycles. The Morgan fingerprint density at radius 3 is 2.68 bits per heavy atom. The monoisotopic (exact) mass is 309 g/mol. The van der Waals surface area contributed by atoms with Crippen LogP contribution in [0.4, 0.5) is 8.78 Å². The molecule has 106 valence electrons. The van der Waals surface area contributed by atoms with Gasteiger partial charge in [0, 0.05) is 18.0 Å². The van der Waals surface area contributed by atoms with Gasteiger partial charge in [0.1, 0.15) is 16.5 Å². The molecule has 19 heavy (non-hydrogen) atoms. The van der Waals surface area contributed by atoms with E-state index in [0.717, 1.165) is 25.0 Å². The molecule has 1 aromatic rings. The molecular weight excluding hydrogens is 296 g/mol. The predicted octanol–water partition coefficient (Wildman–Crippen LogP) is 2.65. The Kier molecular flexibility index (Phi) is 4.43. The van der Waals surface area contributed by atoms with Gasteiger partial charge in [0.05, 0.1) is 0 Å². The van der Waals surface area contributed by atoms with Crippen LogP contribution in [0.3, 0.4) is 0 Å². The van der Waals surface area contributed by atoms with E-state index in [1.807, 2.05) is 0 Å².